The summed E-state index contributed by atoms with van der Waals surface area (Å²) in [7, 11) is 0. The predicted octanol–water partition coefficient (Wildman–Crippen LogP) is 2.30. The van der Waals surface area contributed by atoms with Crippen molar-refractivity contribution in [3.8, 4) is 0 Å². The van der Waals surface area contributed by atoms with Gasteiger partial charge in [0.2, 0.25) is 0 Å². The molecule has 0 unspecified atom stereocenters. The summed E-state index contributed by atoms with van der Waals surface area (Å²) in [5.74, 6) is 0.0125. The summed E-state index contributed by atoms with van der Waals surface area (Å²) in [6.07, 6.45) is 4.35. The third-order valence-corrected chi connectivity index (χ3v) is 3.77. The third kappa shape index (κ3) is 2.91. The monoisotopic (exact) mass is 246 g/mol. The number of nitrogens with one attached hydrogen (secondary N) is 1. The standard InChI is InChI=1S/C15H22N2O/c1-10-7-8-11(2)12(9-10)15(18)17-14-6-4-3-5-13(14)16/h7-9,13-14H,3-6,16H2,1-2H3,(H,17,18)/t13-,14-/m1/s1. The number of carbonyl (C=O) groups is 1. The van der Waals surface area contributed by atoms with Crippen molar-refractivity contribution < 1.29 is 4.79 Å². The first-order chi connectivity index (χ1) is 8.58. The largest absolute Gasteiger partial charge is 0.348 e. The Morgan fingerprint density at radius 1 is 1.28 bits per heavy atom. The van der Waals surface area contributed by atoms with Crippen LogP contribution < -0.4 is 11.1 Å². The summed E-state index contributed by atoms with van der Waals surface area (Å²) in [6.45, 7) is 3.97. The molecule has 3 heteroatoms. The molecule has 0 radical (unpaired) electrons. The number of benzene rings is 1. The van der Waals surface area contributed by atoms with Gasteiger partial charge in [-0.3, -0.25) is 4.79 Å². The molecular weight excluding hydrogens is 224 g/mol. The molecule has 2 rings (SSSR count). The minimum Gasteiger partial charge on any atom is -0.348 e. The normalized spacial score (nSPS) is 23.7. The van der Waals surface area contributed by atoms with Crippen LogP contribution in [0.3, 0.4) is 0 Å². The SMILES string of the molecule is Cc1ccc(C)c(C(=O)N[C@@H]2CCCC[C@H]2N)c1. The van der Waals surface area contributed by atoms with E-state index in [1.165, 1.54) is 6.42 Å². The molecule has 0 aromatic heterocycles. The Balaban J connectivity index is 2.09. The molecule has 1 fully saturated rings. The highest BCUT2D eigenvalue weighted by atomic mass is 16.1. The van der Waals surface area contributed by atoms with E-state index in [4.69, 9.17) is 5.73 Å². The van der Waals surface area contributed by atoms with Gasteiger partial charge in [0.25, 0.3) is 5.91 Å². The molecule has 3 nitrogen and oxygen atoms in total. The van der Waals surface area contributed by atoms with E-state index in [2.05, 4.69) is 5.32 Å². The Morgan fingerprint density at radius 3 is 2.72 bits per heavy atom. The quantitative estimate of drug-likeness (QED) is 0.841. The summed E-state index contributed by atoms with van der Waals surface area (Å²) in [6, 6.07) is 6.20. The molecule has 2 atom stereocenters. The second kappa shape index (κ2) is 5.53. The van der Waals surface area contributed by atoms with E-state index in [9.17, 15) is 4.79 Å². The maximum Gasteiger partial charge on any atom is 0.251 e. The molecule has 1 saturated carbocycles. The van der Waals surface area contributed by atoms with E-state index in [1.807, 2.05) is 32.0 Å². The molecule has 1 aromatic carbocycles. The van der Waals surface area contributed by atoms with Gasteiger partial charge in [-0.2, -0.15) is 0 Å². The number of hydrogen-bond donors (Lipinski definition) is 2. The number of amides is 1. The van der Waals surface area contributed by atoms with Gasteiger partial charge in [-0.15, -0.1) is 0 Å². The Morgan fingerprint density at radius 2 is 2.00 bits per heavy atom. The number of nitrogens with two attached hydrogens (primary N) is 1. The Kier molecular flexibility index (Phi) is 4.02. The van der Waals surface area contributed by atoms with Gasteiger partial charge in [0.1, 0.15) is 0 Å². The van der Waals surface area contributed by atoms with E-state index in [0.717, 1.165) is 36.0 Å². The van der Waals surface area contributed by atoms with Crippen molar-refractivity contribution in [1.82, 2.24) is 5.32 Å². The number of hydrogen-bond acceptors (Lipinski definition) is 2. The second-order valence-corrected chi connectivity index (χ2v) is 5.35. The first-order valence-electron chi connectivity index (χ1n) is 6.71. The molecule has 0 spiro atoms. The van der Waals surface area contributed by atoms with Gasteiger partial charge in [-0.05, 0) is 38.3 Å². The van der Waals surface area contributed by atoms with E-state index in [1.54, 1.807) is 0 Å². The van der Waals surface area contributed by atoms with Crippen LogP contribution in [-0.2, 0) is 0 Å². The summed E-state index contributed by atoms with van der Waals surface area (Å²) < 4.78 is 0. The molecule has 1 aliphatic carbocycles. The van der Waals surface area contributed by atoms with Crippen molar-refractivity contribution in [2.75, 3.05) is 0 Å². The zero-order valence-corrected chi connectivity index (χ0v) is 11.2. The van der Waals surface area contributed by atoms with Crippen LogP contribution in [-0.4, -0.2) is 18.0 Å². The summed E-state index contributed by atoms with van der Waals surface area (Å²) in [5.41, 5.74) is 8.96. The lowest BCUT2D eigenvalue weighted by atomic mass is 9.90. The summed E-state index contributed by atoms with van der Waals surface area (Å²) in [5, 5.41) is 3.09. The van der Waals surface area contributed by atoms with Crippen molar-refractivity contribution in [3.63, 3.8) is 0 Å². The van der Waals surface area contributed by atoms with Crippen molar-refractivity contribution >= 4 is 5.91 Å². The van der Waals surface area contributed by atoms with Crippen molar-refractivity contribution in [1.29, 1.82) is 0 Å². The zero-order valence-electron chi connectivity index (χ0n) is 11.2. The molecule has 1 aromatic rings. The highest BCUT2D eigenvalue weighted by Gasteiger charge is 2.24. The van der Waals surface area contributed by atoms with E-state index in [-0.39, 0.29) is 18.0 Å². The third-order valence-electron chi connectivity index (χ3n) is 3.77. The zero-order chi connectivity index (χ0) is 13.1. The lowest BCUT2D eigenvalue weighted by Crippen LogP contribution is -2.49. The molecule has 0 saturated heterocycles. The molecule has 0 bridgehead atoms. The maximum atomic E-state index is 12.3. The molecule has 1 amide bonds. The Labute approximate surface area is 109 Å². The number of rotatable bonds is 2. The van der Waals surface area contributed by atoms with Crippen LogP contribution in [0.25, 0.3) is 0 Å². The van der Waals surface area contributed by atoms with Crippen LogP contribution in [0.4, 0.5) is 0 Å². The molecule has 18 heavy (non-hydrogen) atoms. The minimum atomic E-state index is 0.0125. The van der Waals surface area contributed by atoms with Crippen molar-refractivity contribution in [2.45, 2.75) is 51.6 Å². The average Bonchev–Trinajstić information content (AvgIpc) is 2.35. The van der Waals surface area contributed by atoms with E-state index < -0.39 is 0 Å². The Bertz CT molecular complexity index is 442. The smallest absolute Gasteiger partial charge is 0.251 e. The van der Waals surface area contributed by atoms with Gasteiger partial charge >= 0.3 is 0 Å². The van der Waals surface area contributed by atoms with Crippen LogP contribution in [0, 0.1) is 13.8 Å². The summed E-state index contributed by atoms with van der Waals surface area (Å²) in [4.78, 5) is 12.3. The first-order valence-corrected chi connectivity index (χ1v) is 6.71. The van der Waals surface area contributed by atoms with Gasteiger partial charge in [0.15, 0.2) is 0 Å². The van der Waals surface area contributed by atoms with Crippen LogP contribution in [0.5, 0.6) is 0 Å². The van der Waals surface area contributed by atoms with Crippen molar-refractivity contribution in [2.24, 2.45) is 5.73 Å². The fourth-order valence-electron chi connectivity index (χ4n) is 2.57. The first kappa shape index (κ1) is 13.1. The van der Waals surface area contributed by atoms with Gasteiger partial charge < -0.3 is 11.1 Å². The molecule has 0 aliphatic heterocycles. The Hall–Kier alpha value is -1.35. The maximum absolute atomic E-state index is 12.3. The van der Waals surface area contributed by atoms with Crippen LogP contribution in [0.15, 0.2) is 18.2 Å². The lowest BCUT2D eigenvalue weighted by molar-refractivity contribution is 0.0920. The van der Waals surface area contributed by atoms with Gasteiger partial charge in [-0.25, -0.2) is 0 Å². The van der Waals surface area contributed by atoms with Gasteiger partial charge in [0.05, 0.1) is 0 Å². The molecule has 1 aliphatic rings. The predicted molar refractivity (Wildman–Crippen MR) is 73.6 cm³/mol. The highest BCUT2D eigenvalue weighted by molar-refractivity contribution is 5.96. The van der Waals surface area contributed by atoms with E-state index in [0.29, 0.717) is 0 Å². The minimum absolute atomic E-state index is 0.0125. The van der Waals surface area contributed by atoms with Crippen molar-refractivity contribution in [3.05, 3.63) is 34.9 Å². The molecule has 0 heterocycles. The average molecular weight is 246 g/mol. The molecular formula is C15H22N2O. The van der Waals surface area contributed by atoms with E-state index >= 15 is 0 Å². The van der Waals surface area contributed by atoms with Crippen LogP contribution >= 0.6 is 0 Å². The molecule has 3 N–H and O–H groups in total. The summed E-state index contributed by atoms with van der Waals surface area (Å²) >= 11 is 0. The van der Waals surface area contributed by atoms with Gasteiger partial charge in [-0.1, -0.05) is 30.5 Å². The fourth-order valence-corrected chi connectivity index (χ4v) is 2.57. The lowest BCUT2D eigenvalue weighted by Gasteiger charge is -2.29. The van der Waals surface area contributed by atoms with Crippen LogP contribution in [0.2, 0.25) is 0 Å². The second-order valence-electron chi connectivity index (χ2n) is 5.35. The van der Waals surface area contributed by atoms with Gasteiger partial charge in [0, 0.05) is 17.6 Å². The number of aryl methyl sites for hydroxylation is 2. The fraction of sp³-hybridized carbons (Fsp3) is 0.533. The highest BCUT2D eigenvalue weighted by Crippen LogP contribution is 2.18. The number of carbonyl (C=O) groups excluding carboxylic acids is 1. The molecule has 98 valence electrons. The topological polar surface area (TPSA) is 55.1 Å². The van der Waals surface area contributed by atoms with Crippen LogP contribution in [0.1, 0.15) is 47.2 Å².